The maximum Gasteiger partial charge on any atom is 0.142 e. The molecule has 0 bridgehead atoms. The highest BCUT2D eigenvalue weighted by Crippen LogP contribution is 2.64. The maximum atomic E-state index is 10.2. The van der Waals surface area contributed by atoms with E-state index in [-0.39, 0.29) is 16.9 Å². The van der Waals surface area contributed by atoms with Crippen LogP contribution in [-0.2, 0) is 0 Å². The second kappa shape index (κ2) is 8.63. The number of phenols is 1. The molecule has 0 saturated heterocycles. The molecule has 3 fully saturated rings. The summed E-state index contributed by atoms with van der Waals surface area (Å²) >= 11 is 4.31. The number of benzene rings is 1. The summed E-state index contributed by atoms with van der Waals surface area (Å²) in [6, 6.07) is 3.89. The van der Waals surface area contributed by atoms with Crippen molar-refractivity contribution in [2.24, 2.45) is 38.8 Å². The minimum atomic E-state index is -0.136. The van der Waals surface area contributed by atoms with E-state index in [2.05, 4.69) is 70.2 Å². The van der Waals surface area contributed by atoms with E-state index in [1.165, 1.54) is 37.0 Å². The van der Waals surface area contributed by atoms with E-state index in [0.29, 0.717) is 11.7 Å². The summed E-state index contributed by atoms with van der Waals surface area (Å²) in [4.78, 5) is 0. The van der Waals surface area contributed by atoms with Gasteiger partial charge in [0.2, 0.25) is 0 Å². The first kappa shape index (κ1) is 23.3. The van der Waals surface area contributed by atoms with Gasteiger partial charge in [-0.3, -0.25) is 0 Å². The molecule has 1 aromatic carbocycles. The molecule has 1 aromatic rings. The van der Waals surface area contributed by atoms with Crippen molar-refractivity contribution in [3.63, 3.8) is 0 Å². The van der Waals surface area contributed by atoms with Crippen molar-refractivity contribution in [3.05, 3.63) is 36.5 Å². The molecule has 0 amide bonds. The Morgan fingerprint density at radius 1 is 1.03 bits per heavy atom. The summed E-state index contributed by atoms with van der Waals surface area (Å²) in [6.07, 6.45) is 13.1. The van der Waals surface area contributed by atoms with Crippen molar-refractivity contribution >= 4 is 57.1 Å². The topological polar surface area (TPSA) is 65.2 Å². The standard InChI is InChI=1S/C26H32I2N2O2/c1-25-9-7-17(31)13-16(25)3-4-18-19-5-6-23(26(19,2)10-8-20(18)25)30-29-14-15-11-21(27)24(32)22(28)12-15/h3,11-12,14,17-20,31-32H,4-10,13H2,1-2H3/b29-14-,30-23-/t17-,18+,19+,20+,25+,26+/m1/s1. The Labute approximate surface area is 218 Å². The molecule has 2 N–H and O–H groups in total. The van der Waals surface area contributed by atoms with E-state index < -0.39 is 0 Å². The SMILES string of the molecule is C[C@]12CC[C@@H](O)CC1=CC[C@@H]1[C@@H]2CC[C@]2(C)/C(=N\N=C/c3cc(I)c(O)c(I)c3)CC[C@@H]12. The van der Waals surface area contributed by atoms with Crippen LogP contribution in [0, 0.1) is 35.7 Å². The third-order valence-corrected chi connectivity index (χ3v) is 10.9. The first-order valence-electron chi connectivity index (χ1n) is 11.9. The summed E-state index contributed by atoms with van der Waals surface area (Å²) in [5, 5.41) is 29.5. The highest BCUT2D eigenvalue weighted by atomic mass is 127. The highest BCUT2D eigenvalue weighted by Gasteiger charge is 2.57. The molecule has 0 aliphatic heterocycles. The predicted octanol–water partition coefficient (Wildman–Crippen LogP) is 6.70. The third kappa shape index (κ3) is 3.80. The van der Waals surface area contributed by atoms with Gasteiger partial charge in [0.05, 0.1) is 19.5 Å². The zero-order valence-corrected chi connectivity index (χ0v) is 23.1. The van der Waals surface area contributed by atoms with E-state index in [1.807, 2.05) is 18.3 Å². The summed E-state index contributed by atoms with van der Waals surface area (Å²) in [5.41, 5.74) is 4.23. The maximum absolute atomic E-state index is 10.2. The Bertz CT molecular complexity index is 996. The van der Waals surface area contributed by atoms with E-state index in [1.54, 1.807) is 0 Å². The number of rotatable bonds is 2. The number of aliphatic hydroxyl groups excluding tert-OH is 1. The van der Waals surface area contributed by atoms with Crippen LogP contribution < -0.4 is 0 Å². The van der Waals surface area contributed by atoms with Gasteiger partial charge in [0.25, 0.3) is 0 Å². The number of hydrogen-bond donors (Lipinski definition) is 2. The molecule has 0 aromatic heterocycles. The number of hydrogen-bond acceptors (Lipinski definition) is 4. The molecular weight excluding hydrogens is 626 g/mol. The molecule has 3 saturated carbocycles. The predicted molar refractivity (Wildman–Crippen MR) is 146 cm³/mol. The summed E-state index contributed by atoms with van der Waals surface area (Å²) in [6.45, 7) is 4.92. The lowest BCUT2D eigenvalue weighted by molar-refractivity contribution is -0.0209. The van der Waals surface area contributed by atoms with E-state index in [9.17, 15) is 10.2 Å². The fraction of sp³-hybridized carbons (Fsp3) is 0.615. The molecule has 0 spiro atoms. The molecule has 4 aliphatic rings. The van der Waals surface area contributed by atoms with Gasteiger partial charge in [-0.2, -0.15) is 10.2 Å². The first-order chi connectivity index (χ1) is 15.2. The molecule has 4 nitrogen and oxygen atoms in total. The van der Waals surface area contributed by atoms with Crippen LogP contribution in [0.4, 0.5) is 0 Å². The van der Waals surface area contributed by atoms with Crippen molar-refractivity contribution in [2.45, 2.75) is 71.3 Å². The average Bonchev–Trinajstić information content (AvgIpc) is 3.09. The van der Waals surface area contributed by atoms with Gasteiger partial charge >= 0.3 is 0 Å². The number of fused-ring (bicyclic) bond motifs is 5. The van der Waals surface area contributed by atoms with Crippen LogP contribution in [0.2, 0.25) is 0 Å². The lowest BCUT2D eigenvalue weighted by Crippen LogP contribution is -2.50. The van der Waals surface area contributed by atoms with Gasteiger partial charge in [-0.05, 0) is 137 Å². The normalized spacial score (nSPS) is 40.2. The Morgan fingerprint density at radius 3 is 2.47 bits per heavy atom. The van der Waals surface area contributed by atoms with Gasteiger partial charge in [0.15, 0.2) is 0 Å². The minimum Gasteiger partial charge on any atom is -0.506 e. The Hall–Kier alpha value is -0.480. The molecule has 4 aliphatic carbocycles. The van der Waals surface area contributed by atoms with Crippen molar-refractivity contribution in [1.82, 2.24) is 0 Å². The van der Waals surface area contributed by atoms with Gasteiger partial charge in [0, 0.05) is 11.1 Å². The average molecular weight is 658 g/mol. The number of aromatic hydroxyl groups is 1. The smallest absolute Gasteiger partial charge is 0.142 e. The lowest BCUT2D eigenvalue weighted by Gasteiger charge is -2.57. The molecule has 0 radical (unpaired) electrons. The summed E-state index contributed by atoms with van der Waals surface area (Å²) < 4.78 is 1.67. The first-order valence-corrected chi connectivity index (χ1v) is 14.0. The zero-order chi connectivity index (χ0) is 22.7. The Morgan fingerprint density at radius 2 is 1.72 bits per heavy atom. The second-order valence-corrected chi connectivity index (χ2v) is 13.1. The molecule has 32 heavy (non-hydrogen) atoms. The van der Waals surface area contributed by atoms with Gasteiger partial charge < -0.3 is 10.2 Å². The Kier molecular flexibility index (Phi) is 6.27. The van der Waals surface area contributed by atoms with E-state index in [0.717, 1.165) is 50.2 Å². The van der Waals surface area contributed by atoms with E-state index in [4.69, 9.17) is 5.10 Å². The lowest BCUT2D eigenvalue weighted by atomic mass is 9.48. The van der Waals surface area contributed by atoms with Crippen LogP contribution in [0.5, 0.6) is 5.75 Å². The molecule has 172 valence electrons. The molecule has 6 atom stereocenters. The molecule has 5 rings (SSSR count). The Balaban J connectivity index is 1.37. The number of phenolic OH excluding ortho intramolecular Hbond substituents is 1. The highest BCUT2D eigenvalue weighted by molar-refractivity contribution is 14.1. The van der Waals surface area contributed by atoms with Gasteiger partial charge in [0.1, 0.15) is 5.75 Å². The fourth-order valence-electron chi connectivity index (χ4n) is 7.42. The van der Waals surface area contributed by atoms with Crippen LogP contribution in [0.1, 0.15) is 70.8 Å². The summed E-state index contributed by atoms with van der Waals surface area (Å²) in [7, 11) is 0. The third-order valence-electron chi connectivity index (χ3n) is 9.24. The number of halogens is 2. The second-order valence-electron chi connectivity index (χ2n) is 10.8. The monoisotopic (exact) mass is 658 g/mol. The largest absolute Gasteiger partial charge is 0.506 e. The fourth-order valence-corrected chi connectivity index (χ4v) is 9.24. The molecule has 6 heteroatoms. The molecule has 0 heterocycles. The quantitative estimate of drug-likeness (QED) is 0.161. The zero-order valence-electron chi connectivity index (χ0n) is 18.8. The van der Waals surface area contributed by atoms with Gasteiger partial charge in [-0.15, -0.1) is 0 Å². The van der Waals surface area contributed by atoms with Crippen molar-refractivity contribution in [2.75, 3.05) is 0 Å². The van der Waals surface area contributed by atoms with E-state index >= 15 is 0 Å². The van der Waals surface area contributed by atoms with Crippen molar-refractivity contribution < 1.29 is 10.2 Å². The molecule has 0 unspecified atom stereocenters. The van der Waals surface area contributed by atoms with Crippen molar-refractivity contribution in [3.8, 4) is 5.75 Å². The van der Waals surface area contributed by atoms with Crippen LogP contribution in [0.15, 0.2) is 34.0 Å². The van der Waals surface area contributed by atoms with Crippen LogP contribution in [0.3, 0.4) is 0 Å². The minimum absolute atomic E-state index is 0.136. The van der Waals surface area contributed by atoms with Crippen LogP contribution in [0.25, 0.3) is 0 Å². The van der Waals surface area contributed by atoms with Crippen LogP contribution >= 0.6 is 45.2 Å². The number of aliphatic hydroxyl groups is 1. The molecular formula is C26H32I2N2O2. The van der Waals surface area contributed by atoms with Gasteiger partial charge in [-0.25, -0.2) is 0 Å². The number of nitrogens with zero attached hydrogens (tertiary/aromatic N) is 2. The van der Waals surface area contributed by atoms with Crippen LogP contribution in [-0.4, -0.2) is 28.2 Å². The van der Waals surface area contributed by atoms with Gasteiger partial charge in [-0.1, -0.05) is 25.5 Å². The summed E-state index contributed by atoms with van der Waals surface area (Å²) in [5.74, 6) is 2.50. The van der Waals surface area contributed by atoms with Crippen molar-refractivity contribution in [1.29, 1.82) is 0 Å². The number of allylic oxidation sites excluding steroid dienone is 1.